The molecule has 1 unspecified atom stereocenters. The molecule has 10 heteroatoms. The first kappa shape index (κ1) is 19.1. The molecule has 26 heavy (non-hydrogen) atoms. The highest BCUT2D eigenvalue weighted by Crippen LogP contribution is 2.43. The number of nitrogens with two attached hydrogens (primary N) is 1. The number of anilines is 1. The van der Waals surface area contributed by atoms with Crippen molar-refractivity contribution in [2.24, 2.45) is 0 Å². The Morgan fingerprint density at radius 3 is 2.65 bits per heavy atom. The number of aliphatic hydroxyl groups is 1. The van der Waals surface area contributed by atoms with Crippen LogP contribution in [0.1, 0.15) is 27.0 Å². The van der Waals surface area contributed by atoms with Crippen LogP contribution >= 0.6 is 0 Å². The van der Waals surface area contributed by atoms with Gasteiger partial charge in [-0.2, -0.15) is 0 Å². The van der Waals surface area contributed by atoms with Gasteiger partial charge in [0.05, 0.1) is 12.9 Å². The smallest absolute Gasteiger partial charge is 0.192 e. The van der Waals surface area contributed by atoms with E-state index in [0.717, 1.165) is 0 Å². The van der Waals surface area contributed by atoms with Gasteiger partial charge in [0, 0.05) is 0 Å². The third kappa shape index (κ3) is 3.11. The SMILES string of the molecule is CC(C)(C)[Si](C)(C)O[C@H]1C(F)[C@@H](CO)O[C@H]1n1cnc2c(N)ncnc21. The van der Waals surface area contributed by atoms with Crippen LogP contribution in [-0.2, 0) is 9.16 Å². The Labute approximate surface area is 152 Å². The van der Waals surface area contributed by atoms with E-state index in [4.69, 9.17) is 14.9 Å². The highest BCUT2D eigenvalue weighted by Gasteiger charge is 2.51. The molecule has 0 spiro atoms. The maximum absolute atomic E-state index is 15.0. The molecule has 1 saturated heterocycles. The average Bonchev–Trinajstić information content (AvgIpc) is 3.09. The monoisotopic (exact) mass is 383 g/mol. The molecule has 0 radical (unpaired) electrons. The van der Waals surface area contributed by atoms with E-state index in [1.54, 1.807) is 4.57 Å². The maximum atomic E-state index is 15.0. The summed E-state index contributed by atoms with van der Waals surface area (Å²) in [6.45, 7) is 9.92. The standard InChI is InChI=1S/C16H26FN5O3Si/c1-16(2,3)26(4,5)25-12-10(17)9(6-23)24-15(12)22-8-21-11-13(18)19-7-20-14(11)22/h7-10,12,15,23H,6H2,1-5H3,(H2,18,19,20)/t9-,10?,12+,15-/m1/s1. The number of ether oxygens (including phenoxy) is 1. The van der Waals surface area contributed by atoms with Crippen LogP contribution in [-0.4, -0.2) is 57.9 Å². The van der Waals surface area contributed by atoms with Crippen molar-refractivity contribution in [2.45, 2.75) is 63.5 Å². The van der Waals surface area contributed by atoms with Crippen LogP contribution in [0.5, 0.6) is 0 Å². The largest absolute Gasteiger partial charge is 0.406 e. The summed E-state index contributed by atoms with van der Waals surface area (Å²) in [4.78, 5) is 12.3. The second kappa shape index (κ2) is 6.52. The van der Waals surface area contributed by atoms with E-state index in [9.17, 15) is 5.11 Å². The lowest BCUT2D eigenvalue weighted by Crippen LogP contribution is -2.47. The number of hydrogen-bond donors (Lipinski definition) is 2. The van der Waals surface area contributed by atoms with Crippen molar-refractivity contribution in [1.29, 1.82) is 0 Å². The number of aromatic nitrogens is 4. The van der Waals surface area contributed by atoms with Crippen molar-refractivity contribution in [3.63, 3.8) is 0 Å². The van der Waals surface area contributed by atoms with Gasteiger partial charge in [0.2, 0.25) is 0 Å². The number of imidazole rings is 1. The van der Waals surface area contributed by atoms with E-state index in [1.165, 1.54) is 12.7 Å². The Bertz CT molecular complexity index is 794. The Hall–Kier alpha value is -1.62. The first-order valence-electron chi connectivity index (χ1n) is 8.58. The van der Waals surface area contributed by atoms with Crippen LogP contribution in [0.2, 0.25) is 18.1 Å². The number of nitrogen functional groups attached to an aromatic ring is 1. The number of rotatable bonds is 4. The molecule has 0 saturated carbocycles. The number of aliphatic hydroxyl groups excluding tert-OH is 1. The molecule has 1 aliphatic rings. The van der Waals surface area contributed by atoms with Crippen molar-refractivity contribution in [3.8, 4) is 0 Å². The quantitative estimate of drug-likeness (QED) is 0.778. The summed E-state index contributed by atoms with van der Waals surface area (Å²) in [5.41, 5.74) is 6.70. The molecule has 0 bridgehead atoms. The molecule has 3 rings (SSSR count). The van der Waals surface area contributed by atoms with Crippen LogP contribution in [0, 0.1) is 0 Å². The van der Waals surface area contributed by atoms with Crippen LogP contribution < -0.4 is 5.73 Å². The first-order chi connectivity index (χ1) is 12.1. The molecule has 4 atom stereocenters. The van der Waals surface area contributed by atoms with Crippen molar-refractivity contribution < 1.29 is 18.7 Å². The lowest BCUT2D eigenvalue weighted by atomic mass is 10.1. The lowest BCUT2D eigenvalue weighted by molar-refractivity contribution is -0.0473. The molecule has 8 nitrogen and oxygen atoms in total. The predicted octanol–water partition coefficient (Wildman–Crippen LogP) is 2.03. The van der Waals surface area contributed by atoms with Crippen LogP contribution in [0.25, 0.3) is 11.2 Å². The highest BCUT2D eigenvalue weighted by atomic mass is 28.4. The van der Waals surface area contributed by atoms with Gasteiger partial charge in [-0.3, -0.25) is 4.57 Å². The second-order valence-corrected chi connectivity index (χ2v) is 12.9. The fraction of sp³-hybridized carbons (Fsp3) is 0.688. The van der Waals surface area contributed by atoms with Crippen molar-refractivity contribution in [3.05, 3.63) is 12.7 Å². The highest BCUT2D eigenvalue weighted by molar-refractivity contribution is 6.74. The summed E-state index contributed by atoms with van der Waals surface area (Å²) in [6.07, 6.45) is -1.28. The maximum Gasteiger partial charge on any atom is 0.192 e. The normalized spacial score (nSPS) is 27.3. The van der Waals surface area contributed by atoms with Gasteiger partial charge < -0.3 is 20.0 Å². The van der Waals surface area contributed by atoms with Crippen LogP contribution in [0.3, 0.4) is 0 Å². The van der Waals surface area contributed by atoms with Crippen molar-refractivity contribution >= 4 is 25.3 Å². The third-order valence-corrected chi connectivity index (χ3v) is 9.82. The Morgan fingerprint density at radius 1 is 1.35 bits per heavy atom. The van der Waals surface area contributed by atoms with Crippen molar-refractivity contribution in [2.75, 3.05) is 12.3 Å². The van der Waals surface area contributed by atoms with Gasteiger partial charge in [-0.05, 0) is 18.1 Å². The second-order valence-electron chi connectivity index (χ2n) is 8.12. The van der Waals surface area contributed by atoms with Gasteiger partial charge in [0.15, 0.2) is 32.2 Å². The average molecular weight is 384 g/mol. The van der Waals surface area contributed by atoms with E-state index in [2.05, 4.69) is 48.8 Å². The number of nitrogens with zero attached hydrogens (tertiary/aromatic N) is 4. The summed E-state index contributed by atoms with van der Waals surface area (Å²) in [5.74, 6) is 0.240. The van der Waals surface area contributed by atoms with Gasteiger partial charge in [0.1, 0.15) is 24.1 Å². The summed E-state index contributed by atoms with van der Waals surface area (Å²) < 4.78 is 28.7. The van der Waals surface area contributed by atoms with Gasteiger partial charge in [0.25, 0.3) is 0 Å². The van der Waals surface area contributed by atoms with Crippen molar-refractivity contribution in [1.82, 2.24) is 19.5 Å². The summed E-state index contributed by atoms with van der Waals surface area (Å²) in [5, 5.41) is 9.41. The van der Waals surface area contributed by atoms with Gasteiger partial charge in [-0.1, -0.05) is 20.8 Å². The summed E-state index contributed by atoms with van der Waals surface area (Å²) >= 11 is 0. The Morgan fingerprint density at radius 2 is 2.04 bits per heavy atom. The number of fused-ring (bicyclic) bond motifs is 1. The Balaban J connectivity index is 2.01. The van der Waals surface area contributed by atoms with Crippen LogP contribution in [0.15, 0.2) is 12.7 Å². The van der Waals surface area contributed by atoms with E-state index in [0.29, 0.717) is 11.2 Å². The predicted molar refractivity (Wildman–Crippen MR) is 97.7 cm³/mol. The summed E-state index contributed by atoms with van der Waals surface area (Å²) in [6, 6.07) is 0. The minimum Gasteiger partial charge on any atom is -0.406 e. The Kier molecular flexibility index (Phi) is 4.80. The van der Waals surface area contributed by atoms with Crippen LogP contribution in [0.4, 0.5) is 10.2 Å². The number of hydrogen-bond acceptors (Lipinski definition) is 7. The molecule has 0 aromatic carbocycles. The van der Waals surface area contributed by atoms with Gasteiger partial charge in [-0.15, -0.1) is 0 Å². The van der Waals surface area contributed by atoms with E-state index >= 15 is 4.39 Å². The molecule has 3 N–H and O–H groups in total. The summed E-state index contributed by atoms with van der Waals surface area (Å²) in [7, 11) is -2.28. The molecule has 0 aliphatic carbocycles. The molecule has 2 aromatic rings. The zero-order valence-corrected chi connectivity index (χ0v) is 16.7. The molecular weight excluding hydrogens is 357 g/mol. The minimum atomic E-state index is -2.28. The fourth-order valence-electron chi connectivity index (χ4n) is 2.76. The molecule has 144 valence electrons. The number of halogens is 1. The zero-order valence-electron chi connectivity index (χ0n) is 15.7. The fourth-order valence-corrected chi connectivity index (χ4v) is 4.04. The first-order valence-corrected chi connectivity index (χ1v) is 11.5. The number of alkyl halides is 1. The molecule has 1 aliphatic heterocycles. The molecular formula is C16H26FN5O3Si. The third-order valence-electron chi connectivity index (χ3n) is 5.34. The molecule has 0 amide bonds. The lowest BCUT2D eigenvalue weighted by Gasteiger charge is -2.39. The zero-order chi connectivity index (χ0) is 19.3. The van der Waals surface area contributed by atoms with E-state index in [-0.39, 0.29) is 10.9 Å². The molecule has 3 heterocycles. The van der Waals surface area contributed by atoms with E-state index in [1.807, 2.05) is 0 Å². The minimum absolute atomic E-state index is 0.0990. The topological polar surface area (TPSA) is 108 Å². The molecule has 2 aromatic heterocycles. The van der Waals surface area contributed by atoms with E-state index < -0.39 is 39.5 Å². The van der Waals surface area contributed by atoms with Gasteiger partial charge >= 0.3 is 0 Å². The molecule has 1 fully saturated rings. The van der Waals surface area contributed by atoms with Gasteiger partial charge in [-0.25, -0.2) is 19.3 Å².